The Morgan fingerprint density at radius 1 is 1.60 bits per heavy atom. The maximum atomic E-state index is 5.38. The SMILES string of the molecule is CCC[C@@H](COP)OPP. The molecule has 0 aliphatic heterocycles. The van der Waals surface area contributed by atoms with Crippen LogP contribution in [-0.4, -0.2) is 12.7 Å². The second kappa shape index (κ2) is 8.31. The van der Waals surface area contributed by atoms with Crippen LogP contribution in [0, 0.1) is 0 Å². The van der Waals surface area contributed by atoms with E-state index in [2.05, 4.69) is 25.3 Å². The highest BCUT2D eigenvalue weighted by molar-refractivity contribution is 8.00. The Kier molecular flexibility index (Phi) is 9.31. The lowest BCUT2D eigenvalue weighted by molar-refractivity contribution is 0.153. The fraction of sp³-hybridized carbons (Fsp3) is 1.00. The van der Waals surface area contributed by atoms with Crippen LogP contribution in [0.15, 0.2) is 0 Å². The highest BCUT2D eigenvalue weighted by atomic mass is 32.0. The van der Waals surface area contributed by atoms with Gasteiger partial charge in [0, 0.05) is 18.0 Å². The molecule has 0 bridgehead atoms. The van der Waals surface area contributed by atoms with Gasteiger partial charge in [-0.25, -0.2) is 0 Å². The van der Waals surface area contributed by atoms with E-state index in [9.17, 15) is 0 Å². The van der Waals surface area contributed by atoms with Crippen LogP contribution in [0.4, 0.5) is 0 Å². The molecule has 0 aromatic heterocycles. The van der Waals surface area contributed by atoms with Crippen molar-refractivity contribution in [2.24, 2.45) is 0 Å². The van der Waals surface area contributed by atoms with Gasteiger partial charge in [-0.2, -0.15) is 0 Å². The van der Waals surface area contributed by atoms with Gasteiger partial charge in [0.1, 0.15) is 0 Å². The molecule has 0 saturated carbocycles. The zero-order valence-corrected chi connectivity index (χ0v) is 9.48. The predicted octanol–water partition coefficient (Wildman–Crippen LogP) is 2.36. The summed E-state index contributed by atoms with van der Waals surface area (Å²) < 4.78 is 10.3. The minimum atomic E-state index is 0.276. The van der Waals surface area contributed by atoms with Crippen LogP contribution in [0.25, 0.3) is 0 Å². The topological polar surface area (TPSA) is 18.5 Å². The van der Waals surface area contributed by atoms with Crippen LogP contribution >= 0.6 is 26.9 Å². The Labute approximate surface area is 69.1 Å². The molecule has 0 aliphatic rings. The standard InChI is InChI=1S/C5H15O2P3/c1-2-3-5(4-6-8)7-10-9/h5,10H,2-4,8-9H2,1H3/t5-/m0/s1. The van der Waals surface area contributed by atoms with Gasteiger partial charge >= 0.3 is 0 Å². The average molecular weight is 200 g/mol. The summed E-state index contributed by atoms with van der Waals surface area (Å²) in [6.07, 6.45) is 2.50. The van der Waals surface area contributed by atoms with Gasteiger partial charge in [-0.1, -0.05) is 22.3 Å². The maximum absolute atomic E-state index is 5.38. The van der Waals surface area contributed by atoms with Gasteiger partial charge in [0.05, 0.1) is 12.7 Å². The molecule has 0 heterocycles. The summed E-state index contributed by atoms with van der Waals surface area (Å²) in [7, 11) is 5.29. The van der Waals surface area contributed by atoms with E-state index in [-0.39, 0.29) is 6.10 Å². The predicted molar refractivity (Wildman–Crippen MR) is 53.5 cm³/mol. The quantitative estimate of drug-likeness (QED) is 0.612. The molecule has 0 rings (SSSR count). The minimum Gasteiger partial charge on any atom is -0.363 e. The molecule has 0 amide bonds. The third-order valence-corrected chi connectivity index (χ3v) is 2.20. The third kappa shape index (κ3) is 5.96. The van der Waals surface area contributed by atoms with Crippen molar-refractivity contribution in [2.45, 2.75) is 25.9 Å². The second-order valence-corrected chi connectivity index (χ2v) is 3.49. The average Bonchev–Trinajstić information content (AvgIpc) is 1.90. The van der Waals surface area contributed by atoms with Crippen molar-refractivity contribution < 1.29 is 9.05 Å². The van der Waals surface area contributed by atoms with Gasteiger partial charge in [-0.3, -0.25) is 0 Å². The van der Waals surface area contributed by atoms with Crippen molar-refractivity contribution in [1.82, 2.24) is 0 Å². The molecule has 62 valence electrons. The van der Waals surface area contributed by atoms with E-state index < -0.39 is 0 Å². The number of hydrogen-bond donors (Lipinski definition) is 0. The van der Waals surface area contributed by atoms with Crippen molar-refractivity contribution in [3.8, 4) is 0 Å². The van der Waals surface area contributed by atoms with E-state index in [0.717, 1.165) is 12.8 Å². The molecule has 0 fully saturated rings. The summed E-state index contributed by atoms with van der Waals surface area (Å²) in [5.41, 5.74) is 0. The summed E-state index contributed by atoms with van der Waals surface area (Å²) in [5, 5.41) is 0. The lowest BCUT2D eigenvalue weighted by Gasteiger charge is -2.13. The van der Waals surface area contributed by atoms with Gasteiger partial charge in [-0.05, 0) is 6.42 Å². The van der Waals surface area contributed by atoms with E-state index in [1.807, 2.05) is 0 Å². The van der Waals surface area contributed by atoms with Crippen molar-refractivity contribution >= 4 is 26.9 Å². The van der Waals surface area contributed by atoms with Crippen LogP contribution in [0.3, 0.4) is 0 Å². The first-order chi connectivity index (χ1) is 4.85. The summed E-state index contributed by atoms with van der Waals surface area (Å²) >= 11 is 0. The largest absolute Gasteiger partial charge is 0.363 e. The van der Waals surface area contributed by atoms with E-state index in [1.165, 1.54) is 0 Å². The van der Waals surface area contributed by atoms with Crippen molar-refractivity contribution in [2.75, 3.05) is 6.61 Å². The zero-order valence-electron chi connectivity index (χ0n) is 6.17. The summed E-state index contributed by atoms with van der Waals surface area (Å²) in [5.74, 6) is 0. The monoisotopic (exact) mass is 200 g/mol. The molecule has 4 atom stereocenters. The Bertz CT molecular complexity index is 57.6. The normalized spacial score (nSPS) is 14.7. The fourth-order valence-corrected chi connectivity index (χ4v) is 1.87. The number of rotatable bonds is 6. The highest BCUT2D eigenvalue weighted by Crippen LogP contribution is 2.25. The molecule has 0 aromatic rings. The third-order valence-electron chi connectivity index (χ3n) is 1.13. The molecule has 2 nitrogen and oxygen atoms in total. The maximum Gasteiger partial charge on any atom is 0.0855 e. The Hall–Kier alpha value is 1.21. The lowest BCUT2D eigenvalue weighted by atomic mass is 10.2. The van der Waals surface area contributed by atoms with Gasteiger partial charge in [0.2, 0.25) is 0 Å². The summed E-state index contributed by atoms with van der Waals surface area (Å²) in [6.45, 7) is 2.82. The molecule has 0 saturated heterocycles. The Balaban J connectivity index is 3.30. The molecule has 0 spiro atoms. The zero-order chi connectivity index (χ0) is 7.82. The van der Waals surface area contributed by atoms with Gasteiger partial charge in [0.25, 0.3) is 0 Å². The van der Waals surface area contributed by atoms with Crippen LogP contribution in [0.5, 0.6) is 0 Å². The minimum absolute atomic E-state index is 0.276. The molecule has 0 radical (unpaired) electrons. The van der Waals surface area contributed by atoms with Crippen molar-refractivity contribution in [3.05, 3.63) is 0 Å². The highest BCUT2D eigenvalue weighted by Gasteiger charge is 2.05. The van der Waals surface area contributed by atoms with Gasteiger partial charge < -0.3 is 9.05 Å². The van der Waals surface area contributed by atoms with E-state index in [1.54, 1.807) is 0 Å². The Morgan fingerprint density at radius 2 is 2.30 bits per heavy atom. The van der Waals surface area contributed by atoms with E-state index in [4.69, 9.17) is 9.05 Å². The van der Waals surface area contributed by atoms with Crippen LogP contribution in [-0.2, 0) is 9.05 Å². The molecule has 3 unspecified atom stereocenters. The first-order valence-electron chi connectivity index (χ1n) is 3.28. The first kappa shape index (κ1) is 11.2. The molecular formula is C5H15O2P3. The molecule has 0 aliphatic carbocycles. The first-order valence-corrected chi connectivity index (χ1v) is 6.47. The van der Waals surface area contributed by atoms with Crippen LogP contribution < -0.4 is 0 Å². The van der Waals surface area contributed by atoms with E-state index in [0.29, 0.717) is 15.1 Å². The second-order valence-electron chi connectivity index (χ2n) is 1.98. The molecule has 5 heteroatoms. The molecule has 0 aromatic carbocycles. The number of hydrogen-bond acceptors (Lipinski definition) is 2. The molecular weight excluding hydrogens is 185 g/mol. The lowest BCUT2D eigenvalue weighted by Crippen LogP contribution is -2.12. The van der Waals surface area contributed by atoms with Crippen molar-refractivity contribution in [1.29, 1.82) is 0 Å². The van der Waals surface area contributed by atoms with Gasteiger partial charge in [0.15, 0.2) is 0 Å². The molecule has 10 heavy (non-hydrogen) atoms. The Morgan fingerprint density at radius 3 is 2.70 bits per heavy atom. The smallest absolute Gasteiger partial charge is 0.0855 e. The van der Waals surface area contributed by atoms with Crippen LogP contribution in [0.1, 0.15) is 19.8 Å². The summed E-state index contributed by atoms with van der Waals surface area (Å²) in [6, 6.07) is 0. The van der Waals surface area contributed by atoms with Crippen LogP contribution in [0.2, 0.25) is 0 Å². The summed E-state index contributed by atoms with van der Waals surface area (Å²) in [4.78, 5) is 0. The fourth-order valence-electron chi connectivity index (χ4n) is 0.702. The van der Waals surface area contributed by atoms with Crippen molar-refractivity contribution in [3.63, 3.8) is 0 Å². The van der Waals surface area contributed by atoms with Gasteiger partial charge in [-0.15, -0.1) is 0 Å². The van der Waals surface area contributed by atoms with E-state index >= 15 is 0 Å². The molecule has 0 N–H and O–H groups in total.